The molecule has 106 valence electrons. The minimum absolute atomic E-state index is 0.157. The van der Waals surface area contributed by atoms with Crippen LogP contribution in [0.1, 0.15) is 28.6 Å². The minimum atomic E-state index is -0.157. The van der Waals surface area contributed by atoms with Gasteiger partial charge in [-0.25, -0.2) is 0 Å². The van der Waals surface area contributed by atoms with E-state index in [4.69, 9.17) is 4.42 Å². The van der Waals surface area contributed by atoms with Crippen molar-refractivity contribution in [3.63, 3.8) is 0 Å². The van der Waals surface area contributed by atoms with Gasteiger partial charge in [-0.3, -0.25) is 4.79 Å². The van der Waals surface area contributed by atoms with E-state index in [0.29, 0.717) is 12.3 Å². The number of benzene rings is 1. The Kier molecular flexibility index (Phi) is 5.38. The van der Waals surface area contributed by atoms with Crippen molar-refractivity contribution < 1.29 is 14.5 Å². The zero-order valence-corrected chi connectivity index (χ0v) is 11.8. The Hall–Kier alpha value is -2.07. The lowest BCUT2D eigenvalue weighted by molar-refractivity contribution is -0.668. The van der Waals surface area contributed by atoms with Gasteiger partial charge in [-0.15, -0.1) is 0 Å². The standard InChI is InChI=1S/C16H20N2O2/c1-2-13-5-7-14(8-6-13)12-17-9-10-18-16(19)15-4-3-11-20-15/h3-8,11,17H,2,9-10,12H2,1H3,(H,18,19)/p+1. The Morgan fingerprint density at radius 1 is 1.20 bits per heavy atom. The summed E-state index contributed by atoms with van der Waals surface area (Å²) < 4.78 is 5.02. The molecule has 1 aromatic carbocycles. The zero-order chi connectivity index (χ0) is 14.2. The lowest BCUT2D eigenvalue weighted by Crippen LogP contribution is -2.84. The molecule has 0 saturated carbocycles. The van der Waals surface area contributed by atoms with Gasteiger partial charge in [0.1, 0.15) is 6.54 Å². The molecule has 0 radical (unpaired) electrons. The maximum absolute atomic E-state index is 11.6. The van der Waals surface area contributed by atoms with Crippen LogP contribution in [0.15, 0.2) is 47.1 Å². The number of carbonyl (C=O) groups is 1. The first kappa shape index (κ1) is 14.3. The van der Waals surface area contributed by atoms with E-state index in [2.05, 4.69) is 41.8 Å². The topological polar surface area (TPSA) is 58.9 Å². The van der Waals surface area contributed by atoms with E-state index in [1.54, 1.807) is 12.1 Å². The summed E-state index contributed by atoms with van der Waals surface area (Å²) in [7, 11) is 0. The van der Waals surface area contributed by atoms with Gasteiger partial charge >= 0.3 is 0 Å². The van der Waals surface area contributed by atoms with Crippen molar-refractivity contribution in [1.29, 1.82) is 0 Å². The lowest BCUT2D eigenvalue weighted by Gasteiger charge is -2.04. The molecule has 1 heterocycles. The number of hydrogen-bond acceptors (Lipinski definition) is 2. The zero-order valence-electron chi connectivity index (χ0n) is 11.8. The quantitative estimate of drug-likeness (QED) is 0.748. The van der Waals surface area contributed by atoms with Crippen molar-refractivity contribution in [1.82, 2.24) is 5.32 Å². The number of carbonyl (C=O) groups excluding carboxylic acids is 1. The van der Waals surface area contributed by atoms with Gasteiger partial charge in [0.05, 0.1) is 19.4 Å². The van der Waals surface area contributed by atoms with E-state index in [-0.39, 0.29) is 5.91 Å². The number of rotatable bonds is 7. The van der Waals surface area contributed by atoms with Crippen LogP contribution in [0.25, 0.3) is 0 Å². The van der Waals surface area contributed by atoms with E-state index in [9.17, 15) is 4.79 Å². The van der Waals surface area contributed by atoms with Crippen LogP contribution in [0.2, 0.25) is 0 Å². The number of hydrogen-bond donors (Lipinski definition) is 2. The van der Waals surface area contributed by atoms with Crippen LogP contribution in [0.5, 0.6) is 0 Å². The highest BCUT2D eigenvalue weighted by Gasteiger charge is 2.06. The molecule has 3 N–H and O–H groups in total. The first-order chi connectivity index (χ1) is 9.79. The molecule has 2 aromatic rings. The molecule has 0 aliphatic heterocycles. The number of nitrogens with one attached hydrogen (secondary N) is 1. The molecule has 20 heavy (non-hydrogen) atoms. The van der Waals surface area contributed by atoms with Crippen LogP contribution < -0.4 is 10.6 Å². The Bertz CT molecular complexity index is 518. The third kappa shape index (κ3) is 4.24. The molecule has 0 aliphatic rings. The fraction of sp³-hybridized carbons (Fsp3) is 0.312. The van der Waals surface area contributed by atoms with Crippen LogP contribution in [0.3, 0.4) is 0 Å². The van der Waals surface area contributed by atoms with Crippen molar-refractivity contribution in [2.75, 3.05) is 13.1 Å². The van der Waals surface area contributed by atoms with Crippen molar-refractivity contribution in [2.24, 2.45) is 0 Å². The van der Waals surface area contributed by atoms with Crippen molar-refractivity contribution in [3.05, 3.63) is 59.5 Å². The average Bonchev–Trinajstić information content (AvgIpc) is 3.01. The molecule has 0 spiro atoms. The number of furan rings is 1. The minimum Gasteiger partial charge on any atom is -0.459 e. The monoisotopic (exact) mass is 273 g/mol. The molecule has 0 saturated heterocycles. The number of aryl methyl sites for hydroxylation is 1. The van der Waals surface area contributed by atoms with Gasteiger partial charge in [0.2, 0.25) is 0 Å². The smallest absolute Gasteiger partial charge is 0.287 e. The van der Waals surface area contributed by atoms with E-state index < -0.39 is 0 Å². The maximum Gasteiger partial charge on any atom is 0.287 e. The van der Waals surface area contributed by atoms with Gasteiger partial charge in [-0.2, -0.15) is 0 Å². The molecular weight excluding hydrogens is 252 g/mol. The average molecular weight is 273 g/mol. The summed E-state index contributed by atoms with van der Waals surface area (Å²) in [5, 5.41) is 5.01. The summed E-state index contributed by atoms with van der Waals surface area (Å²) in [5.74, 6) is 0.204. The molecule has 4 heteroatoms. The van der Waals surface area contributed by atoms with Gasteiger partial charge in [-0.1, -0.05) is 31.2 Å². The first-order valence-electron chi connectivity index (χ1n) is 7.00. The van der Waals surface area contributed by atoms with E-state index in [0.717, 1.165) is 19.5 Å². The van der Waals surface area contributed by atoms with Crippen molar-refractivity contribution >= 4 is 5.91 Å². The summed E-state index contributed by atoms with van der Waals surface area (Å²) >= 11 is 0. The van der Waals surface area contributed by atoms with Crippen LogP contribution >= 0.6 is 0 Å². The summed E-state index contributed by atoms with van der Waals surface area (Å²) in [6.07, 6.45) is 2.57. The number of amides is 1. The first-order valence-corrected chi connectivity index (χ1v) is 7.00. The van der Waals surface area contributed by atoms with Crippen molar-refractivity contribution in [2.45, 2.75) is 19.9 Å². The van der Waals surface area contributed by atoms with Crippen LogP contribution in [0.4, 0.5) is 0 Å². The van der Waals surface area contributed by atoms with Crippen LogP contribution in [-0.4, -0.2) is 19.0 Å². The van der Waals surface area contributed by atoms with Gasteiger partial charge in [0.15, 0.2) is 5.76 Å². The van der Waals surface area contributed by atoms with Gasteiger partial charge in [-0.05, 0) is 24.1 Å². The van der Waals surface area contributed by atoms with E-state index >= 15 is 0 Å². The molecule has 0 aliphatic carbocycles. The number of nitrogens with two attached hydrogens (primary N) is 1. The Morgan fingerprint density at radius 3 is 2.60 bits per heavy atom. The van der Waals surface area contributed by atoms with Crippen molar-refractivity contribution in [3.8, 4) is 0 Å². The van der Waals surface area contributed by atoms with Gasteiger partial charge in [0, 0.05) is 5.56 Å². The lowest BCUT2D eigenvalue weighted by atomic mass is 10.1. The molecule has 0 atom stereocenters. The van der Waals surface area contributed by atoms with Gasteiger partial charge < -0.3 is 15.1 Å². The SMILES string of the molecule is CCc1ccc(C[NH2+]CCNC(=O)c2ccco2)cc1. The molecule has 0 unspecified atom stereocenters. The summed E-state index contributed by atoms with van der Waals surface area (Å²) in [6, 6.07) is 12.0. The summed E-state index contributed by atoms with van der Waals surface area (Å²) in [4.78, 5) is 11.6. The molecule has 0 fully saturated rings. The van der Waals surface area contributed by atoms with Crippen LogP contribution in [0, 0.1) is 0 Å². The Labute approximate surface area is 119 Å². The second-order valence-electron chi connectivity index (χ2n) is 4.68. The Morgan fingerprint density at radius 2 is 1.95 bits per heavy atom. The number of quaternary nitrogens is 1. The third-order valence-corrected chi connectivity index (χ3v) is 3.19. The highest BCUT2D eigenvalue weighted by atomic mass is 16.3. The van der Waals surface area contributed by atoms with Gasteiger partial charge in [0.25, 0.3) is 5.91 Å². The normalized spacial score (nSPS) is 10.4. The van der Waals surface area contributed by atoms with E-state index in [1.807, 2.05) is 0 Å². The second-order valence-corrected chi connectivity index (χ2v) is 4.68. The molecule has 0 bridgehead atoms. The molecular formula is C16H21N2O2+. The molecule has 2 rings (SSSR count). The molecule has 1 amide bonds. The predicted octanol–water partition coefficient (Wildman–Crippen LogP) is 1.34. The predicted molar refractivity (Wildman–Crippen MR) is 77.4 cm³/mol. The maximum atomic E-state index is 11.6. The molecule has 4 nitrogen and oxygen atoms in total. The molecule has 1 aromatic heterocycles. The summed E-state index contributed by atoms with van der Waals surface area (Å²) in [6.45, 7) is 4.57. The summed E-state index contributed by atoms with van der Waals surface area (Å²) in [5.41, 5.74) is 2.67. The largest absolute Gasteiger partial charge is 0.459 e. The Balaban J connectivity index is 1.62. The fourth-order valence-electron chi connectivity index (χ4n) is 1.96. The highest BCUT2D eigenvalue weighted by molar-refractivity contribution is 5.91. The second kappa shape index (κ2) is 7.50. The fourth-order valence-corrected chi connectivity index (χ4v) is 1.96. The van der Waals surface area contributed by atoms with Crippen LogP contribution in [-0.2, 0) is 13.0 Å². The third-order valence-electron chi connectivity index (χ3n) is 3.19. The highest BCUT2D eigenvalue weighted by Crippen LogP contribution is 2.03. The van der Waals surface area contributed by atoms with E-state index in [1.165, 1.54) is 17.4 Å².